The van der Waals surface area contributed by atoms with Gasteiger partial charge in [-0.2, -0.15) is 0 Å². The van der Waals surface area contributed by atoms with E-state index < -0.39 is 0 Å². The lowest BCUT2D eigenvalue weighted by atomic mass is 10.1. The molecule has 2 aromatic carbocycles. The fraction of sp³-hybridized carbons (Fsp3) is 0.400. The van der Waals surface area contributed by atoms with Crippen LogP contribution in [0.5, 0.6) is 5.75 Å². The Bertz CT molecular complexity index is 542. The van der Waals surface area contributed by atoms with Crippen molar-refractivity contribution in [2.24, 2.45) is 0 Å². The molecule has 0 atom stereocenters. The third-order valence-electron chi connectivity index (χ3n) is 3.66. The fourth-order valence-electron chi connectivity index (χ4n) is 2.33. The summed E-state index contributed by atoms with van der Waals surface area (Å²) in [5, 5.41) is 6.90. The van der Waals surface area contributed by atoms with Crippen LogP contribution in [0.3, 0.4) is 0 Å². The van der Waals surface area contributed by atoms with Gasteiger partial charge >= 0.3 is 0 Å². The number of hydrogen-bond donors (Lipinski definition) is 2. The normalized spacial score (nSPS) is 10.5. The summed E-state index contributed by atoms with van der Waals surface area (Å²) in [6.07, 6.45) is 3.33. The number of nitrogens with one attached hydrogen (secondary N) is 2. The highest BCUT2D eigenvalue weighted by Gasteiger charge is 1.97. The highest BCUT2D eigenvalue weighted by Crippen LogP contribution is 2.17. The van der Waals surface area contributed by atoms with Crippen molar-refractivity contribution < 1.29 is 4.74 Å². The number of anilines is 1. The number of rotatable bonds is 11. The van der Waals surface area contributed by atoms with Gasteiger partial charge in [-0.25, -0.2) is 0 Å². The lowest BCUT2D eigenvalue weighted by Gasteiger charge is -2.10. The standard InChI is InChI=1S/C20H28N2O/c1-2-3-16-23-20-11-7-10-19(17-20)22-15-14-21-13-12-18-8-5-4-6-9-18/h4-11,17,21-22H,2-3,12-16H2,1H3. The summed E-state index contributed by atoms with van der Waals surface area (Å²) >= 11 is 0. The van der Waals surface area contributed by atoms with E-state index in [1.54, 1.807) is 0 Å². The maximum atomic E-state index is 5.73. The van der Waals surface area contributed by atoms with Crippen LogP contribution in [0.25, 0.3) is 0 Å². The molecule has 2 N–H and O–H groups in total. The summed E-state index contributed by atoms with van der Waals surface area (Å²) in [5.41, 5.74) is 2.49. The molecule has 0 heterocycles. The van der Waals surface area contributed by atoms with Gasteiger partial charge in [0.1, 0.15) is 5.75 Å². The van der Waals surface area contributed by atoms with Crippen LogP contribution in [0, 0.1) is 0 Å². The number of benzene rings is 2. The van der Waals surface area contributed by atoms with Crippen LogP contribution in [-0.4, -0.2) is 26.2 Å². The molecule has 0 radical (unpaired) electrons. The highest BCUT2D eigenvalue weighted by molar-refractivity contribution is 5.48. The van der Waals surface area contributed by atoms with E-state index in [-0.39, 0.29) is 0 Å². The molecular weight excluding hydrogens is 284 g/mol. The molecule has 0 aliphatic heterocycles. The first kappa shape index (κ1) is 17.4. The van der Waals surface area contributed by atoms with Crippen molar-refractivity contribution in [1.82, 2.24) is 5.32 Å². The van der Waals surface area contributed by atoms with Crippen LogP contribution >= 0.6 is 0 Å². The first-order chi connectivity index (χ1) is 11.4. The van der Waals surface area contributed by atoms with Gasteiger partial charge in [0.2, 0.25) is 0 Å². The average molecular weight is 312 g/mol. The van der Waals surface area contributed by atoms with Gasteiger partial charge in [-0.1, -0.05) is 49.7 Å². The molecule has 3 heteroatoms. The Morgan fingerprint density at radius 1 is 0.913 bits per heavy atom. The van der Waals surface area contributed by atoms with Gasteiger partial charge < -0.3 is 15.4 Å². The SMILES string of the molecule is CCCCOc1cccc(NCCNCCc2ccccc2)c1. The van der Waals surface area contributed by atoms with Crippen LogP contribution in [0.1, 0.15) is 25.3 Å². The quantitative estimate of drug-likeness (QED) is 0.613. The van der Waals surface area contributed by atoms with Crippen molar-refractivity contribution in [2.75, 3.05) is 31.6 Å². The first-order valence-electron chi connectivity index (χ1n) is 8.60. The summed E-state index contributed by atoms with van der Waals surface area (Å²) in [5.74, 6) is 0.945. The maximum absolute atomic E-state index is 5.73. The predicted molar refractivity (Wildman–Crippen MR) is 98.4 cm³/mol. The van der Waals surface area contributed by atoms with Gasteiger partial charge in [-0.15, -0.1) is 0 Å². The van der Waals surface area contributed by atoms with Crippen LogP contribution in [0.4, 0.5) is 5.69 Å². The molecule has 0 aromatic heterocycles. The molecule has 0 aliphatic rings. The van der Waals surface area contributed by atoms with Crippen molar-refractivity contribution in [3.8, 4) is 5.75 Å². The lowest BCUT2D eigenvalue weighted by molar-refractivity contribution is 0.309. The molecule has 0 unspecified atom stereocenters. The largest absolute Gasteiger partial charge is 0.494 e. The highest BCUT2D eigenvalue weighted by atomic mass is 16.5. The predicted octanol–water partition coefficient (Wildman–Crippen LogP) is 4.11. The number of ether oxygens (including phenoxy) is 1. The van der Waals surface area contributed by atoms with Gasteiger partial charge in [0, 0.05) is 24.8 Å². The topological polar surface area (TPSA) is 33.3 Å². The molecule has 124 valence electrons. The first-order valence-corrected chi connectivity index (χ1v) is 8.60. The summed E-state index contributed by atoms with van der Waals surface area (Å²) in [6, 6.07) is 18.8. The summed E-state index contributed by atoms with van der Waals surface area (Å²) in [6.45, 7) is 5.83. The maximum Gasteiger partial charge on any atom is 0.121 e. The van der Waals surface area contributed by atoms with Crippen LogP contribution in [0.15, 0.2) is 54.6 Å². The minimum atomic E-state index is 0.793. The van der Waals surface area contributed by atoms with Crippen molar-refractivity contribution in [3.05, 3.63) is 60.2 Å². The van der Waals surface area contributed by atoms with Gasteiger partial charge in [0.15, 0.2) is 0 Å². The Labute approximate surface area is 140 Å². The summed E-state index contributed by atoms with van der Waals surface area (Å²) in [4.78, 5) is 0. The monoisotopic (exact) mass is 312 g/mol. The van der Waals surface area contributed by atoms with Gasteiger partial charge in [-0.3, -0.25) is 0 Å². The molecule has 23 heavy (non-hydrogen) atoms. The Morgan fingerprint density at radius 3 is 2.61 bits per heavy atom. The fourth-order valence-corrected chi connectivity index (χ4v) is 2.33. The van der Waals surface area contributed by atoms with Crippen LogP contribution < -0.4 is 15.4 Å². The molecule has 3 nitrogen and oxygen atoms in total. The minimum Gasteiger partial charge on any atom is -0.494 e. The summed E-state index contributed by atoms with van der Waals surface area (Å²) < 4.78 is 5.73. The second-order valence-electron chi connectivity index (χ2n) is 5.64. The molecule has 0 bridgehead atoms. The third kappa shape index (κ3) is 7.20. The van der Waals surface area contributed by atoms with E-state index in [9.17, 15) is 0 Å². The van der Waals surface area contributed by atoms with E-state index in [0.29, 0.717) is 0 Å². The molecule has 2 rings (SSSR count). The van der Waals surface area contributed by atoms with E-state index in [1.165, 1.54) is 5.56 Å². The van der Waals surface area contributed by atoms with Crippen molar-refractivity contribution >= 4 is 5.69 Å². The van der Waals surface area contributed by atoms with E-state index in [1.807, 2.05) is 12.1 Å². The average Bonchev–Trinajstić information content (AvgIpc) is 2.59. The second-order valence-corrected chi connectivity index (χ2v) is 5.64. The summed E-state index contributed by atoms with van der Waals surface area (Å²) in [7, 11) is 0. The van der Waals surface area contributed by atoms with Crippen LogP contribution in [0.2, 0.25) is 0 Å². The van der Waals surface area contributed by atoms with E-state index in [2.05, 4.69) is 60.0 Å². The Balaban J connectivity index is 1.59. The molecule has 0 amide bonds. The van der Waals surface area contributed by atoms with Gasteiger partial charge in [0.25, 0.3) is 0 Å². The Hall–Kier alpha value is -2.00. The molecule has 0 saturated heterocycles. The zero-order chi connectivity index (χ0) is 16.2. The van der Waals surface area contributed by atoms with E-state index >= 15 is 0 Å². The number of unbranched alkanes of at least 4 members (excludes halogenated alkanes) is 1. The van der Waals surface area contributed by atoms with Gasteiger partial charge in [0.05, 0.1) is 6.61 Å². The van der Waals surface area contributed by atoms with Crippen molar-refractivity contribution in [1.29, 1.82) is 0 Å². The van der Waals surface area contributed by atoms with Crippen LogP contribution in [-0.2, 0) is 6.42 Å². The molecule has 0 fully saturated rings. The molecular formula is C20H28N2O. The zero-order valence-electron chi connectivity index (χ0n) is 14.1. The minimum absolute atomic E-state index is 0.793. The third-order valence-corrected chi connectivity index (χ3v) is 3.66. The zero-order valence-corrected chi connectivity index (χ0v) is 14.1. The van der Waals surface area contributed by atoms with Crippen molar-refractivity contribution in [2.45, 2.75) is 26.2 Å². The second kappa shape index (κ2) is 10.7. The Kier molecular flexibility index (Phi) is 8.06. The molecule has 0 spiro atoms. The van der Waals surface area contributed by atoms with E-state index in [4.69, 9.17) is 4.74 Å². The molecule has 0 aliphatic carbocycles. The Morgan fingerprint density at radius 2 is 1.78 bits per heavy atom. The lowest BCUT2D eigenvalue weighted by Crippen LogP contribution is -2.24. The van der Waals surface area contributed by atoms with Crippen molar-refractivity contribution in [3.63, 3.8) is 0 Å². The van der Waals surface area contributed by atoms with Gasteiger partial charge in [-0.05, 0) is 37.1 Å². The van der Waals surface area contributed by atoms with E-state index in [0.717, 1.165) is 56.9 Å². The number of hydrogen-bond acceptors (Lipinski definition) is 3. The molecule has 2 aromatic rings. The molecule has 0 saturated carbocycles. The smallest absolute Gasteiger partial charge is 0.121 e.